The Hall–Kier alpha value is -0.930. The van der Waals surface area contributed by atoms with Crippen LogP contribution < -0.4 is 0 Å². The molecule has 1 aromatic rings. The van der Waals surface area contributed by atoms with Gasteiger partial charge in [-0.2, -0.15) is 0 Å². The first-order chi connectivity index (χ1) is 7.69. The lowest BCUT2D eigenvalue weighted by atomic mass is 10.0. The number of halogens is 1. The molecular formula is C13H19FO2. The van der Waals surface area contributed by atoms with E-state index in [0.29, 0.717) is 26.4 Å². The summed E-state index contributed by atoms with van der Waals surface area (Å²) in [7, 11) is 0. The van der Waals surface area contributed by atoms with E-state index in [1.54, 1.807) is 0 Å². The van der Waals surface area contributed by atoms with Crippen LogP contribution in [0.3, 0.4) is 0 Å². The molecule has 0 fully saturated rings. The molecule has 0 aliphatic heterocycles. The quantitative estimate of drug-likeness (QED) is 0.741. The van der Waals surface area contributed by atoms with Crippen LogP contribution in [0, 0.1) is 12.7 Å². The molecule has 0 spiro atoms. The smallest absolute Gasteiger partial charge is 0.123 e. The van der Waals surface area contributed by atoms with E-state index in [4.69, 9.17) is 9.47 Å². The highest BCUT2D eigenvalue weighted by Gasteiger charge is 2.07. The second-order valence-corrected chi connectivity index (χ2v) is 3.62. The Labute approximate surface area is 96.4 Å². The fraction of sp³-hybridized carbons (Fsp3) is 0.538. The predicted molar refractivity (Wildman–Crippen MR) is 61.8 cm³/mol. The Balaban J connectivity index is 2.86. The first kappa shape index (κ1) is 13.1. The van der Waals surface area contributed by atoms with E-state index in [9.17, 15) is 4.39 Å². The van der Waals surface area contributed by atoms with Gasteiger partial charge < -0.3 is 9.47 Å². The lowest BCUT2D eigenvalue weighted by Gasteiger charge is -2.12. The van der Waals surface area contributed by atoms with Gasteiger partial charge in [0.05, 0.1) is 13.2 Å². The third kappa shape index (κ3) is 3.58. The zero-order valence-electron chi connectivity index (χ0n) is 10.2. The van der Waals surface area contributed by atoms with Crippen LogP contribution in [0.25, 0.3) is 0 Å². The molecule has 0 bridgehead atoms. The highest BCUT2D eigenvalue weighted by atomic mass is 19.1. The first-order valence-electron chi connectivity index (χ1n) is 5.62. The van der Waals surface area contributed by atoms with Crippen molar-refractivity contribution in [2.75, 3.05) is 13.2 Å². The summed E-state index contributed by atoms with van der Waals surface area (Å²) in [6, 6.07) is 3.06. The summed E-state index contributed by atoms with van der Waals surface area (Å²) in [5.74, 6) is -0.227. The van der Waals surface area contributed by atoms with Crippen LogP contribution in [-0.2, 0) is 22.7 Å². The molecule has 3 heteroatoms. The van der Waals surface area contributed by atoms with Crippen molar-refractivity contribution >= 4 is 0 Å². The summed E-state index contributed by atoms with van der Waals surface area (Å²) < 4.78 is 24.0. The van der Waals surface area contributed by atoms with Crippen molar-refractivity contribution in [3.05, 3.63) is 34.6 Å². The molecule has 16 heavy (non-hydrogen) atoms. The molecular weight excluding hydrogens is 207 g/mol. The van der Waals surface area contributed by atoms with Gasteiger partial charge in [0.25, 0.3) is 0 Å². The van der Waals surface area contributed by atoms with E-state index in [1.807, 2.05) is 20.8 Å². The van der Waals surface area contributed by atoms with Gasteiger partial charge in [-0.05, 0) is 49.6 Å². The van der Waals surface area contributed by atoms with Crippen LogP contribution in [0.15, 0.2) is 12.1 Å². The first-order valence-corrected chi connectivity index (χ1v) is 5.62. The fourth-order valence-corrected chi connectivity index (χ4v) is 1.52. The van der Waals surface area contributed by atoms with E-state index < -0.39 is 0 Å². The largest absolute Gasteiger partial charge is 0.377 e. The molecule has 0 aliphatic rings. The minimum Gasteiger partial charge on any atom is -0.377 e. The molecule has 0 radical (unpaired) electrons. The predicted octanol–water partition coefficient (Wildman–Crippen LogP) is 3.21. The summed E-state index contributed by atoms with van der Waals surface area (Å²) in [5.41, 5.74) is 2.86. The Morgan fingerprint density at radius 2 is 1.44 bits per heavy atom. The van der Waals surface area contributed by atoms with E-state index in [2.05, 4.69) is 0 Å². The lowest BCUT2D eigenvalue weighted by Crippen LogP contribution is -2.02. The molecule has 0 amide bonds. The number of ether oxygens (including phenoxy) is 2. The van der Waals surface area contributed by atoms with Gasteiger partial charge in [0.1, 0.15) is 5.82 Å². The maximum absolute atomic E-state index is 13.4. The monoisotopic (exact) mass is 226 g/mol. The molecule has 0 aliphatic carbocycles. The van der Waals surface area contributed by atoms with Crippen molar-refractivity contribution in [1.29, 1.82) is 0 Å². The molecule has 0 heterocycles. The molecule has 2 nitrogen and oxygen atoms in total. The summed E-state index contributed by atoms with van der Waals surface area (Å²) in [6.45, 7) is 8.01. The average molecular weight is 226 g/mol. The molecule has 0 saturated heterocycles. The van der Waals surface area contributed by atoms with Crippen molar-refractivity contribution in [1.82, 2.24) is 0 Å². The van der Waals surface area contributed by atoms with Gasteiger partial charge in [0.2, 0.25) is 0 Å². The molecule has 0 N–H and O–H groups in total. The van der Waals surface area contributed by atoms with Crippen LogP contribution in [0.5, 0.6) is 0 Å². The van der Waals surface area contributed by atoms with E-state index in [0.717, 1.165) is 16.7 Å². The zero-order chi connectivity index (χ0) is 12.0. The molecule has 0 saturated carbocycles. The molecule has 0 atom stereocenters. The van der Waals surface area contributed by atoms with Crippen molar-refractivity contribution in [2.24, 2.45) is 0 Å². The molecule has 1 rings (SSSR count). The Kier molecular flexibility index (Phi) is 5.43. The third-order valence-corrected chi connectivity index (χ3v) is 2.51. The second kappa shape index (κ2) is 6.61. The molecule has 0 aromatic heterocycles. The van der Waals surface area contributed by atoms with Crippen molar-refractivity contribution in [2.45, 2.75) is 34.0 Å². The SMILES string of the molecule is CCOCc1cc(F)cc(COCC)c1C. The maximum Gasteiger partial charge on any atom is 0.123 e. The number of rotatable bonds is 6. The summed E-state index contributed by atoms with van der Waals surface area (Å²) in [5, 5.41) is 0. The minimum absolute atomic E-state index is 0.227. The van der Waals surface area contributed by atoms with Crippen LogP contribution in [0.2, 0.25) is 0 Å². The maximum atomic E-state index is 13.4. The number of benzene rings is 1. The molecule has 90 valence electrons. The summed E-state index contributed by atoms with van der Waals surface area (Å²) >= 11 is 0. The van der Waals surface area contributed by atoms with Gasteiger partial charge in [-0.15, -0.1) is 0 Å². The summed E-state index contributed by atoms with van der Waals surface area (Å²) in [6.07, 6.45) is 0. The van der Waals surface area contributed by atoms with Crippen LogP contribution >= 0.6 is 0 Å². The van der Waals surface area contributed by atoms with E-state index >= 15 is 0 Å². The minimum atomic E-state index is -0.227. The number of hydrogen-bond donors (Lipinski definition) is 0. The second-order valence-electron chi connectivity index (χ2n) is 3.62. The zero-order valence-corrected chi connectivity index (χ0v) is 10.2. The van der Waals surface area contributed by atoms with Gasteiger partial charge in [0.15, 0.2) is 0 Å². The van der Waals surface area contributed by atoms with Gasteiger partial charge in [-0.25, -0.2) is 4.39 Å². The van der Waals surface area contributed by atoms with Gasteiger partial charge in [-0.1, -0.05) is 0 Å². The lowest BCUT2D eigenvalue weighted by molar-refractivity contribution is 0.128. The van der Waals surface area contributed by atoms with Crippen molar-refractivity contribution < 1.29 is 13.9 Å². The van der Waals surface area contributed by atoms with Gasteiger partial charge in [-0.3, -0.25) is 0 Å². The average Bonchev–Trinajstić information content (AvgIpc) is 2.28. The van der Waals surface area contributed by atoms with Crippen LogP contribution in [0.4, 0.5) is 4.39 Å². The molecule has 0 unspecified atom stereocenters. The van der Waals surface area contributed by atoms with Crippen molar-refractivity contribution in [3.8, 4) is 0 Å². The standard InChI is InChI=1S/C13H19FO2/c1-4-15-8-11-6-13(14)7-12(10(11)3)9-16-5-2/h6-7H,4-5,8-9H2,1-3H3. The Bertz CT molecular complexity index is 308. The Morgan fingerprint density at radius 1 is 1.00 bits per heavy atom. The third-order valence-electron chi connectivity index (χ3n) is 2.51. The summed E-state index contributed by atoms with van der Waals surface area (Å²) in [4.78, 5) is 0. The Morgan fingerprint density at radius 3 is 1.81 bits per heavy atom. The number of hydrogen-bond acceptors (Lipinski definition) is 2. The van der Waals surface area contributed by atoms with Gasteiger partial charge in [0, 0.05) is 13.2 Å². The van der Waals surface area contributed by atoms with Crippen molar-refractivity contribution in [3.63, 3.8) is 0 Å². The van der Waals surface area contributed by atoms with Gasteiger partial charge >= 0.3 is 0 Å². The van der Waals surface area contributed by atoms with E-state index in [1.165, 1.54) is 12.1 Å². The fourth-order valence-electron chi connectivity index (χ4n) is 1.52. The normalized spacial score (nSPS) is 10.8. The highest BCUT2D eigenvalue weighted by Crippen LogP contribution is 2.18. The molecule has 1 aromatic carbocycles. The van der Waals surface area contributed by atoms with E-state index in [-0.39, 0.29) is 5.82 Å². The topological polar surface area (TPSA) is 18.5 Å². The highest BCUT2D eigenvalue weighted by molar-refractivity contribution is 5.34. The van der Waals surface area contributed by atoms with Crippen LogP contribution in [-0.4, -0.2) is 13.2 Å². The van der Waals surface area contributed by atoms with Crippen LogP contribution in [0.1, 0.15) is 30.5 Å².